The van der Waals surface area contributed by atoms with E-state index in [0.717, 1.165) is 5.69 Å². The molecule has 348 valence electrons. The number of methoxy groups -OCH3 is 1. The molecule has 18 heteroatoms. The van der Waals surface area contributed by atoms with E-state index in [1.54, 1.807) is 46.2 Å². The Morgan fingerprint density at radius 1 is 1.02 bits per heavy atom. The second-order valence-corrected chi connectivity index (χ2v) is 18.7. The summed E-state index contributed by atoms with van der Waals surface area (Å²) in [6.45, 7) is 17.7. The average Bonchev–Trinajstić information content (AvgIpc) is 3.64. The van der Waals surface area contributed by atoms with Gasteiger partial charge in [0.25, 0.3) is 0 Å². The highest BCUT2D eigenvalue weighted by Crippen LogP contribution is 2.38. The van der Waals surface area contributed by atoms with Gasteiger partial charge in [0.1, 0.15) is 30.0 Å². The molecule has 1 aromatic rings. The van der Waals surface area contributed by atoms with E-state index in [0.29, 0.717) is 39.0 Å². The molecule has 4 rings (SSSR count). The monoisotopic (exact) mass is 859 g/mol. The topological polar surface area (TPSA) is 237 Å². The molecule has 7 N–H and O–H groups in total. The Morgan fingerprint density at radius 2 is 1.70 bits per heavy atom. The first kappa shape index (κ1) is 50.7. The fourth-order valence-electron chi connectivity index (χ4n) is 9.22. The maximum atomic E-state index is 14.2. The normalized spacial score (nSPS) is 43.4. The number of carbonyl (C=O) groups is 1. The highest BCUT2D eigenvalue weighted by Gasteiger charge is 2.50. The number of carbonyl (C=O) groups excluding carboxylic acids is 1. The lowest BCUT2D eigenvalue weighted by Gasteiger charge is -2.47. The minimum absolute atomic E-state index is 0.0710. The third-order valence-corrected chi connectivity index (χ3v) is 13.4. The number of aliphatic hydroxyl groups is 5. The van der Waals surface area contributed by atoms with Gasteiger partial charge in [0.2, 0.25) is 0 Å². The van der Waals surface area contributed by atoms with Gasteiger partial charge in [-0.15, -0.1) is 5.10 Å². The molecule has 0 spiro atoms. The van der Waals surface area contributed by atoms with Crippen LogP contribution >= 0.6 is 0 Å². The predicted octanol–water partition coefficient (Wildman–Crippen LogP) is 0.818. The van der Waals surface area contributed by atoms with Crippen LogP contribution in [0.3, 0.4) is 0 Å². The van der Waals surface area contributed by atoms with Crippen LogP contribution in [0.25, 0.3) is 0 Å². The summed E-state index contributed by atoms with van der Waals surface area (Å²) < 4.78 is 39.4. The zero-order valence-corrected chi connectivity index (χ0v) is 38.1. The zero-order chi connectivity index (χ0) is 44.9. The van der Waals surface area contributed by atoms with Gasteiger partial charge in [0.15, 0.2) is 12.6 Å². The molecule has 0 radical (unpaired) electrons. The van der Waals surface area contributed by atoms with Gasteiger partial charge in [-0.05, 0) is 87.7 Å². The molecule has 1 aromatic heterocycles. The second-order valence-electron chi connectivity index (χ2n) is 18.7. The molecule has 0 amide bonds. The highest BCUT2D eigenvalue weighted by atomic mass is 16.7. The van der Waals surface area contributed by atoms with Crippen LogP contribution in [0.2, 0.25) is 0 Å². The molecule has 0 aliphatic carbocycles. The van der Waals surface area contributed by atoms with Crippen LogP contribution in [0.5, 0.6) is 0 Å². The molecule has 3 aliphatic heterocycles. The number of hydrogen-bond acceptors (Lipinski definition) is 17. The van der Waals surface area contributed by atoms with Crippen LogP contribution in [0.15, 0.2) is 6.20 Å². The lowest BCUT2D eigenvalue weighted by molar-refractivity contribution is -0.308. The molecule has 0 bridgehead atoms. The van der Waals surface area contributed by atoms with Gasteiger partial charge in [-0.2, -0.15) is 0 Å². The minimum atomic E-state index is -1.81. The third-order valence-electron chi connectivity index (χ3n) is 13.4. The molecule has 3 aliphatic rings. The number of cyclic esters (lactones) is 1. The van der Waals surface area contributed by atoms with Crippen LogP contribution in [-0.4, -0.2) is 187 Å². The van der Waals surface area contributed by atoms with E-state index in [2.05, 4.69) is 15.2 Å². The minimum Gasteiger partial charge on any atom is -0.459 e. The Balaban J connectivity index is 1.71. The number of hydrogen-bond donors (Lipinski definition) is 6. The van der Waals surface area contributed by atoms with Crippen molar-refractivity contribution in [3.63, 3.8) is 0 Å². The average molecular weight is 859 g/mol. The Labute approximate surface area is 356 Å². The summed E-state index contributed by atoms with van der Waals surface area (Å²) >= 11 is 0. The molecule has 18 nitrogen and oxygen atoms in total. The summed E-state index contributed by atoms with van der Waals surface area (Å²) in [6.07, 6.45) is -6.23. The number of aromatic nitrogens is 3. The fourth-order valence-corrected chi connectivity index (χ4v) is 9.22. The summed E-state index contributed by atoms with van der Waals surface area (Å²) in [7, 11) is 5.27. The lowest BCUT2D eigenvalue weighted by atomic mass is 9.83. The van der Waals surface area contributed by atoms with Crippen molar-refractivity contribution in [1.29, 1.82) is 0 Å². The second kappa shape index (κ2) is 21.2. The van der Waals surface area contributed by atoms with E-state index >= 15 is 0 Å². The van der Waals surface area contributed by atoms with Gasteiger partial charge < -0.3 is 69.5 Å². The van der Waals surface area contributed by atoms with Crippen molar-refractivity contribution >= 4 is 5.97 Å². The smallest absolute Gasteiger partial charge is 0.311 e. The van der Waals surface area contributed by atoms with Gasteiger partial charge in [0, 0.05) is 64.3 Å². The summed E-state index contributed by atoms with van der Waals surface area (Å²) in [5, 5.41) is 67.2. The highest BCUT2D eigenvalue weighted by molar-refractivity contribution is 5.73. The van der Waals surface area contributed by atoms with Crippen LogP contribution in [-0.2, 0) is 46.2 Å². The Hall–Kier alpha value is -1.91. The molecular formula is C42H78N6O12. The summed E-state index contributed by atoms with van der Waals surface area (Å²) in [5.74, 6) is -1.89. The molecule has 0 unspecified atom stereocenters. The number of ether oxygens (including phenoxy) is 6. The standard InChI is InChI=1S/C42H78N6O12/c1-13-32-42(9,54)36(50)27(5)47(11)22-24(2)20-40(7,53)33(19-31(26(4)38(52)59-32)58-34-21-41(8,55-12)37(51)28(6)57-34)60-39-35(49)30(18-25(3)56-39)46(10)16-14-29-23-48(17-15-43)45-44-29/h23-28,30-37,39,49-51,53-54H,13-22,43H2,1-12H3/t24-,25-,26-,27-,28+,30+,31+,32-,33-,34+,35-,36-,37+,39+,40-,41-,42-/m1/s1. The van der Waals surface area contributed by atoms with Crippen molar-refractivity contribution in [1.82, 2.24) is 24.8 Å². The number of esters is 1. The zero-order valence-electron chi connectivity index (χ0n) is 38.1. The van der Waals surface area contributed by atoms with Crippen molar-refractivity contribution in [2.75, 3.05) is 40.8 Å². The number of nitrogens with two attached hydrogens (primary N) is 1. The van der Waals surface area contributed by atoms with E-state index in [1.165, 1.54) is 14.0 Å². The van der Waals surface area contributed by atoms with E-state index in [1.807, 2.05) is 39.0 Å². The Bertz CT molecular complexity index is 1490. The third kappa shape index (κ3) is 12.2. The van der Waals surface area contributed by atoms with Crippen LogP contribution in [0.1, 0.15) is 100 Å². The van der Waals surface area contributed by atoms with Crippen molar-refractivity contribution < 1.29 is 58.7 Å². The number of nitrogens with zero attached hydrogens (tertiary/aromatic N) is 5. The molecule has 0 aromatic carbocycles. The van der Waals surface area contributed by atoms with Crippen molar-refractivity contribution in [2.45, 2.75) is 198 Å². The quantitative estimate of drug-likeness (QED) is 0.160. The molecule has 3 fully saturated rings. The van der Waals surface area contributed by atoms with E-state index in [-0.39, 0.29) is 43.7 Å². The number of rotatable bonds is 12. The van der Waals surface area contributed by atoms with Gasteiger partial charge in [0.05, 0.1) is 53.8 Å². The molecule has 17 atom stereocenters. The fraction of sp³-hybridized carbons (Fsp3) is 0.929. The molecule has 0 saturated carbocycles. The summed E-state index contributed by atoms with van der Waals surface area (Å²) in [5.41, 5.74) is 2.05. The largest absolute Gasteiger partial charge is 0.459 e. The maximum absolute atomic E-state index is 14.2. The molecule has 3 saturated heterocycles. The molecule has 60 heavy (non-hydrogen) atoms. The first-order valence-corrected chi connectivity index (χ1v) is 21.8. The Kier molecular flexibility index (Phi) is 17.9. The lowest BCUT2D eigenvalue weighted by Crippen LogP contribution is -2.59. The SMILES string of the molecule is CC[C@H]1OC(=O)[C@H](C)[C@@H](O[C@H]2C[C@@](C)(OC)[C@@H](O)[C@H](C)O2)C[C@@H](O[C@@H]2O[C@H](C)C[C@H](N(C)CCc3cn(CCN)nn3)[C@H]2O)[C@](C)(O)C[C@@H](C)CN(C)[C@H](C)[C@@H](O)[C@]1(C)O. The van der Waals surface area contributed by atoms with E-state index in [9.17, 15) is 30.3 Å². The van der Waals surface area contributed by atoms with Gasteiger partial charge in [-0.25, -0.2) is 0 Å². The number of aliphatic hydroxyl groups excluding tert-OH is 3. The molecular weight excluding hydrogens is 780 g/mol. The van der Waals surface area contributed by atoms with Crippen molar-refractivity contribution in [3.8, 4) is 0 Å². The van der Waals surface area contributed by atoms with Gasteiger partial charge >= 0.3 is 5.97 Å². The van der Waals surface area contributed by atoms with E-state index in [4.69, 9.17) is 34.2 Å². The predicted molar refractivity (Wildman–Crippen MR) is 221 cm³/mol. The van der Waals surface area contributed by atoms with Crippen LogP contribution < -0.4 is 5.73 Å². The summed E-state index contributed by atoms with van der Waals surface area (Å²) in [4.78, 5) is 18.2. The van der Waals surface area contributed by atoms with Crippen molar-refractivity contribution in [3.05, 3.63) is 11.9 Å². The Morgan fingerprint density at radius 3 is 2.33 bits per heavy atom. The van der Waals surface area contributed by atoms with Crippen LogP contribution in [0, 0.1) is 11.8 Å². The molecule has 4 heterocycles. The first-order valence-electron chi connectivity index (χ1n) is 21.8. The number of likely N-dealkylation sites (N-methyl/N-ethyl adjacent to an activating group) is 2. The van der Waals surface area contributed by atoms with Crippen LogP contribution in [0.4, 0.5) is 0 Å². The van der Waals surface area contributed by atoms with Gasteiger partial charge in [-0.1, -0.05) is 19.1 Å². The van der Waals surface area contributed by atoms with Gasteiger partial charge in [-0.3, -0.25) is 9.48 Å². The summed E-state index contributed by atoms with van der Waals surface area (Å²) in [6, 6.07) is -0.929. The first-order chi connectivity index (χ1) is 28.0. The van der Waals surface area contributed by atoms with E-state index < -0.39 is 90.0 Å². The maximum Gasteiger partial charge on any atom is 0.311 e. The van der Waals surface area contributed by atoms with Crippen molar-refractivity contribution in [2.24, 2.45) is 17.6 Å².